The maximum atomic E-state index is 13.5. The maximum Gasteiger partial charge on any atom is 0.191 e. The molecule has 0 unspecified atom stereocenters. The first-order chi connectivity index (χ1) is 10.8. The zero-order valence-electron chi connectivity index (χ0n) is 14.3. The SMILES string of the molecule is CCCCCCCCCNC(=NC)NCc1ncccc1F.I. The number of rotatable bonds is 10. The van der Waals surface area contributed by atoms with Crippen molar-refractivity contribution in [3.8, 4) is 0 Å². The number of nitrogens with zero attached hydrogens (tertiary/aromatic N) is 2. The van der Waals surface area contributed by atoms with Crippen LogP contribution in [0.4, 0.5) is 4.39 Å². The summed E-state index contributed by atoms with van der Waals surface area (Å²) >= 11 is 0. The van der Waals surface area contributed by atoms with Crippen LogP contribution in [0.25, 0.3) is 0 Å². The van der Waals surface area contributed by atoms with Gasteiger partial charge in [-0.15, -0.1) is 24.0 Å². The molecule has 0 radical (unpaired) electrons. The van der Waals surface area contributed by atoms with Gasteiger partial charge in [-0.05, 0) is 18.6 Å². The standard InChI is InChI=1S/C17H29FN4.HI/c1-3-4-5-6-7-8-9-12-21-17(19-2)22-14-16-15(18)11-10-13-20-16;/h10-11,13H,3-9,12,14H2,1-2H3,(H2,19,21,22);1H. The van der Waals surface area contributed by atoms with Crippen molar-refractivity contribution in [1.29, 1.82) is 0 Å². The molecule has 0 atom stereocenters. The van der Waals surface area contributed by atoms with E-state index in [4.69, 9.17) is 0 Å². The van der Waals surface area contributed by atoms with Crippen molar-refractivity contribution in [3.63, 3.8) is 0 Å². The largest absolute Gasteiger partial charge is 0.356 e. The third-order valence-corrected chi connectivity index (χ3v) is 3.55. The quantitative estimate of drug-likeness (QED) is 0.250. The highest BCUT2D eigenvalue weighted by atomic mass is 127. The van der Waals surface area contributed by atoms with Crippen molar-refractivity contribution in [2.24, 2.45) is 4.99 Å². The fraction of sp³-hybridized carbons (Fsp3) is 0.647. The van der Waals surface area contributed by atoms with Crippen LogP contribution >= 0.6 is 24.0 Å². The highest BCUT2D eigenvalue weighted by molar-refractivity contribution is 14.0. The fourth-order valence-electron chi connectivity index (χ4n) is 2.23. The van der Waals surface area contributed by atoms with Crippen LogP contribution in [-0.2, 0) is 6.54 Å². The zero-order chi connectivity index (χ0) is 16.0. The summed E-state index contributed by atoms with van der Waals surface area (Å²) in [6.45, 7) is 3.46. The highest BCUT2D eigenvalue weighted by Crippen LogP contribution is 2.06. The predicted octanol–water partition coefficient (Wildman–Crippen LogP) is 4.25. The number of hydrogen-bond donors (Lipinski definition) is 2. The first kappa shape index (κ1) is 22.1. The van der Waals surface area contributed by atoms with Crippen molar-refractivity contribution >= 4 is 29.9 Å². The number of hydrogen-bond acceptors (Lipinski definition) is 2. The van der Waals surface area contributed by atoms with E-state index in [9.17, 15) is 4.39 Å². The molecule has 0 spiro atoms. The monoisotopic (exact) mass is 436 g/mol. The molecule has 0 aliphatic carbocycles. The van der Waals surface area contributed by atoms with Crippen LogP contribution in [0.2, 0.25) is 0 Å². The lowest BCUT2D eigenvalue weighted by Gasteiger charge is -2.11. The summed E-state index contributed by atoms with van der Waals surface area (Å²) in [6.07, 6.45) is 10.6. The Balaban J connectivity index is 0.00000484. The van der Waals surface area contributed by atoms with E-state index in [1.165, 1.54) is 44.6 Å². The molecule has 1 aromatic heterocycles. The Morgan fingerprint density at radius 3 is 2.48 bits per heavy atom. The minimum Gasteiger partial charge on any atom is -0.356 e. The van der Waals surface area contributed by atoms with Crippen LogP contribution in [0.5, 0.6) is 0 Å². The van der Waals surface area contributed by atoms with Crippen molar-refractivity contribution < 1.29 is 4.39 Å². The Kier molecular flexibility index (Phi) is 14.1. The minimum atomic E-state index is -0.294. The summed E-state index contributed by atoms with van der Waals surface area (Å²) in [5.74, 6) is 0.397. The molecular weight excluding hydrogens is 406 g/mol. The number of aliphatic imine (C=N–C) groups is 1. The van der Waals surface area contributed by atoms with Gasteiger partial charge in [-0.2, -0.15) is 0 Å². The number of unbranched alkanes of at least 4 members (excludes halogenated alkanes) is 6. The normalized spacial score (nSPS) is 11.0. The van der Waals surface area contributed by atoms with Gasteiger partial charge in [-0.25, -0.2) is 4.39 Å². The lowest BCUT2D eigenvalue weighted by Crippen LogP contribution is -2.37. The number of guanidine groups is 1. The maximum absolute atomic E-state index is 13.5. The molecule has 0 bridgehead atoms. The number of pyridine rings is 1. The summed E-state index contributed by atoms with van der Waals surface area (Å²) in [4.78, 5) is 8.14. The summed E-state index contributed by atoms with van der Waals surface area (Å²) in [6, 6.07) is 3.01. The Hall–Kier alpha value is -0.920. The van der Waals surface area contributed by atoms with Crippen LogP contribution in [0, 0.1) is 5.82 Å². The average molecular weight is 436 g/mol. The van der Waals surface area contributed by atoms with Crippen molar-refractivity contribution in [1.82, 2.24) is 15.6 Å². The summed E-state index contributed by atoms with van der Waals surface area (Å²) in [7, 11) is 1.72. The van der Waals surface area contributed by atoms with Crippen molar-refractivity contribution in [2.75, 3.05) is 13.6 Å². The second-order valence-corrected chi connectivity index (χ2v) is 5.41. The van der Waals surface area contributed by atoms with Gasteiger partial charge >= 0.3 is 0 Å². The van der Waals surface area contributed by atoms with Gasteiger partial charge in [-0.1, -0.05) is 45.4 Å². The average Bonchev–Trinajstić information content (AvgIpc) is 2.54. The highest BCUT2D eigenvalue weighted by Gasteiger charge is 2.03. The van der Waals surface area contributed by atoms with Gasteiger partial charge in [0.25, 0.3) is 0 Å². The molecule has 0 amide bonds. The van der Waals surface area contributed by atoms with Crippen LogP contribution in [0.1, 0.15) is 57.6 Å². The molecule has 1 rings (SSSR count). The topological polar surface area (TPSA) is 49.3 Å². The summed E-state index contributed by atoms with van der Waals surface area (Å²) in [5.41, 5.74) is 0.404. The van der Waals surface area contributed by atoms with E-state index < -0.39 is 0 Å². The smallest absolute Gasteiger partial charge is 0.191 e. The third-order valence-electron chi connectivity index (χ3n) is 3.55. The number of halogens is 2. The molecule has 0 fully saturated rings. The Morgan fingerprint density at radius 2 is 1.83 bits per heavy atom. The molecule has 1 aromatic rings. The van der Waals surface area contributed by atoms with Gasteiger partial charge in [-0.3, -0.25) is 9.98 Å². The lowest BCUT2D eigenvalue weighted by molar-refractivity contribution is 0.580. The van der Waals surface area contributed by atoms with Gasteiger partial charge in [0.1, 0.15) is 5.82 Å². The molecule has 0 aliphatic rings. The molecule has 132 valence electrons. The molecule has 23 heavy (non-hydrogen) atoms. The first-order valence-corrected chi connectivity index (χ1v) is 8.31. The molecule has 0 saturated heterocycles. The number of nitrogens with one attached hydrogen (secondary N) is 2. The van der Waals surface area contributed by atoms with Crippen LogP contribution in [0.3, 0.4) is 0 Å². The molecule has 2 N–H and O–H groups in total. The molecular formula is C17H30FIN4. The zero-order valence-corrected chi connectivity index (χ0v) is 16.6. The van der Waals surface area contributed by atoms with Gasteiger partial charge in [0.05, 0.1) is 12.2 Å². The van der Waals surface area contributed by atoms with E-state index >= 15 is 0 Å². The molecule has 6 heteroatoms. The molecule has 4 nitrogen and oxygen atoms in total. The fourth-order valence-corrected chi connectivity index (χ4v) is 2.23. The first-order valence-electron chi connectivity index (χ1n) is 8.31. The lowest BCUT2D eigenvalue weighted by atomic mass is 10.1. The predicted molar refractivity (Wildman–Crippen MR) is 106 cm³/mol. The third kappa shape index (κ3) is 10.5. The molecule has 1 heterocycles. The van der Waals surface area contributed by atoms with Gasteiger partial charge < -0.3 is 10.6 Å². The van der Waals surface area contributed by atoms with Crippen molar-refractivity contribution in [2.45, 2.75) is 58.4 Å². The Morgan fingerprint density at radius 1 is 1.13 bits per heavy atom. The van der Waals surface area contributed by atoms with Crippen LogP contribution in [0.15, 0.2) is 23.3 Å². The van der Waals surface area contributed by atoms with E-state index in [1.807, 2.05) is 0 Å². The summed E-state index contributed by atoms with van der Waals surface area (Å²) in [5, 5.41) is 6.33. The van der Waals surface area contributed by atoms with Gasteiger partial charge in [0.2, 0.25) is 0 Å². The summed E-state index contributed by atoms with van der Waals surface area (Å²) < 4.78 is 13.5. The second-order valence-electron chi connectivity index (χ2n) is 5.41. The number of aromatic nitrogens is 1. The van der Waals surface area contributed by atoms with Crippen molar-refractivity contribution in [3.05, 3.63) is 29.8 Å². The Labute approximate surface area is 156 Å². The van der Waals surface area contributed by atoms with E-state index in [0.29, 0.717) is 18.2 Å². The molecule has 0 aliphatic heterocycles. The van der Waals surface area contributed by atoms with E-state index in [-0.39, 0.29) is 29.8 Å². The van der Waals surface area contributed by atoms with Crippen LogP contribution in [-0.4, -0.2) is 24.5 Å². The van der Waals surface area contributed by atoms with E-state index in [0.717, 1.165) is 13.0 Å². The molecule has 0 saturated carbocycles. The van der Waals surface area contributed by atoms with Gasteiger partial charge in [0.15, 0.2) is 5.96 Å². The van der Waals surface area contributed by atoms with E-state index in [2.05, 4.69) is 27.5 Å². The molecule has 0 aromatic carbocycles. The Bertz CT molecular complexity index is 440. The second kappa shape index (κ2) is 14.7. The minimum absolute atomic E-state index is 0. The van der Waals surface area contributed by atoms with Gasteiger partial charge in [0, 0.05) is 19.8 Å². The van der Waals surface area contributed by atoms with E-state index in [1.54, 1.807) is 19.3 Å². The van der Waals surface area contributed by atoms with Crippen LogP contribution < -0.4 is 10.6 Å².